The number of primary amides is 1. The summed E-state index contributed by atoms with van der Waals surface area (Å²) in [7, 11) is -3.89. The number of nitrogens with one attached hydrogen (secondary N) is 1. The fourth-order valence-corrected chi connectivity index (χ4v) is 5.42. The minimum absolute atomic E-state index is 0.0595. The molecule has 0 saturated carbocycles. The van der Waals surface area contributed by atoms with E-state index in [9.17, 15) is 23.1 Å². The van der Waals surface area contributed by atoms with Crippen LogP contribution >= 0.6 is 0 Å². The van der Waals surface area contributed by atoms with Crippen LogP contribution in [0.1, 0.15) is 46.6 Å². The SMILES string of the molecule is CCC(C)CN(CC(O)[C@H](Cc1ccccc1)NC(=O)C(C)C(C)(C)C(N)=O)S(=O)(=O)c1ccccc1. The molecule has 0 spiro atoms. The Labute approximate surface area is 221 Å². The van der Waals surface area contributed by atoms with Crippen LogP contribution in [0.4, 0.5) is 0 Å². The number of aliphatic hydroxyl groups is 1. The van der Waals surface area contributed by atoms with Gasteiger partial charge in [-0.3, -0.25) is 9.59 Å². The summed E-state index contributed by atoms with van der Waals surface area (Å²) in [6.07, 6.45) is -0.170. The van der Waals surface area contributed by atoms with Crippen molar-refractivity contribution < 1.29 is 23.1 Å². The number of nitrogens with two attached hydrogens (primary N) is 1. The molecule has 0 aliphatic rings. The van der Waals surface area contributed by atoms with Crippen LogP contribution in [-0.4, -0.2) is 54.9 Å². The molecule has 4 N–H and O–H groups in total. The van der Waals surface area contributed by atoms with Crippen LogP contribution in [-0.2, 0) is 26.0 Å². The summed E-state index contributed by atoms with van der Waals surface area (Å²) in [5.41, 5.74) is 5.27. The van der Waals surface area contributed by atoms with Gasteiger partial charge in [-0.25, -0.2) is 8.42 Å². The molecule has 9 heteroatoms. The van der Waals surface area contributed by atoms with Crippen LogP contribution in [0.15, 0.2) is 65.6 Å². The summed E-state index contributed by atoms with van der Waals surface area (Å²) in [6.45, 7) is 8.77. The molecule has 37 heavy (non-hydrogen) atoms. The van der Waals surface area contributed by atoms with Crippen LogP contribution in [0.3, 0.4) is 0 Å². The maximum Gasteiger partial charge on any atom is 0.243 e. The summed E-state index contributed by atoms with van der Waals surface area (Å²) in [4.78, 5) is 25.2. The largest absolute Gasteiger partial charge is 0.390 e. The second-order valence-corrected chi connectivity index (χ2v) is 12.3. The summed E-state index contributed by atoms with van der Waals surface area (Å²) < 4.78 is 28.3. The maximum absolute atomic E-state index is 13.5. The maximum atomic E-state index is 13.5. The van der Waals surface area contributed by atoms with Gasteiger partial charge in [0, 0.05) is 19.0 Å². The Morgan fingerprint density at radius 2 is 1.54 bits per heavy atom. The summed E-state index contributed by atoms with van der Waals surface area (Å²) in [5.74, 6) is -1.75. The first-order valence-electron chi connectivity index (χ1n) is 12.7. The van der Waals surface area contributed by atoms with Gasteiger partial charge in [0.1, 0.15) is 0 Å². The zero-order valence-electron chi connectivity index (χ0n) is 22.4. The fraction of sp³-hybridized carbons (Fsp3) is 0.500. The van der Waals surface area contributed by atoms with Crippen molar-refractivity contribution in [3.8, 4) is 0 Å². The fourth-order valence-electron chi connectivity index (χ4n) is 3.83. The van der Waals surface area contributed by atoms with E-state index in [1.807, 2.05) is 44.2 Å². The van der Waals surface area contributed by atoms with Gasteiger partial charge < -0.3 is 16.2 Å². The van der Waals surface area contributed by atoms with E-state index in [1.165, 1.54) is 16.4 Å². The molecule has 8 nitrogen and oxygen atoms in total. The standard InChI is InChI=1S/C28H41N3O5S/c1-6-20(2)18-31(37(35,36)23-15-11-8-12-16-23)19-25(32)24(17-22-13-9-7-10-14-22)30-26(33)21(3)28(4,5)27(29)34/h7-16,20-21,24-25,32H,6,17-19H2,1-5H3,(H2,29,34)(H,30,33)/t20?,21?,24-,25?/m0/s1. The number of sulfonamides is 1. The average Bonchev–Trinajstić information content (AvgIpc) is 2.88. The number of benzene rings is 2. The Kier molecular flexibility index (Phi) is 10.8. The van der Waals surface area contributed by atoms with Crippen molar-refractivity contribution in [2.75, 3.05) is 13.1 Å². The van der Waals surface area contributed by atoms with Gasteiger partial charge in [-0.05, 0) is 30.0 Å². The normalized spacial score (nSPS) is 15.5. The van der Waals surface area contributed by atoms with Crippen molar-refractivity contribution in [1.29, 1.82) is 0 Å². The predicted molar refractivity (Wildman–Crippen MR) is 145 cm³/mol. The molecule has 0 aromatic heterocycles. The van der Waals surface area contributed by atoms with E-state index in [1.54, 1.807) is 39.0 Å². The Hall–Kier alpha value is -2.75. The topological polar surface area (TPSA) is 130 Å². The van der Waals surface area contributed by atoms with Crippen molar-refractivity contribution in [2.45, 2.75) is 64.5 Å². The number of nitrogens with zero attached hydrogens (tertiary/aromatic N) is 1. The molecule has 0 bridgehead atoms. The van der Waals surface area contributed by atoms with Gasteiger partial charge in [0.25, 0.3) is 0 Å². The molecule has 204 valence electrons. The first-order valence-corrected chi connectivity index (χ1v) is 14.1. The van der Waals surface area contributed by atoms with Crippen molar-refractivity contribution in [1.82, 2.24) is 9.62 Å². The lowest BCUT2D eigenvalue weighted by Crippen LogP contribution is -2.54. The Bertz CT molecular complexity index is 1120. The van der Waals surface area contributed by atoms with Crippen molar-refractivity contribution in [3.05, 3.63) is 66.2 Å². The first kappa shape index (κ1) is 30.5. The Morgan fingerprint density at radius 1 is 1.00 bits per heavy atom. The molecule has 2 aromatic carbocycles. The number of hydrogen-bond acceptors (Lipinski definition) is 5. The zero-order chi connectivity index (χ0) is 27.8. The molecule has 2 amide bonds. The highest BCUT2D eigenvalue weighted by Gasteiger charge is 2.38. The smallest absolute Gasteiger partial charge is 0.243 e. The van der Waals surface area contributed by atoms with Crippen molar-refractivity contribution >= 4 is 21.8 Å². The first-order chi connectivity index (χ1) is 17.3. The van der Waals surface area contributed by atoms with Crippen molar-refractivity contribution in [2.24, 2.45) is 23.0 Å². The van der Waals surface area contributed by atoms with Crippen LogP contribution in [0.2, 0.25) is 0 Å². The van der Waals surface area contributed by atoms with Gasteiger partial charge >= 0.3 is 0 Å². The van der Waals surface area contributed by atoms with Gasteiger partial charge in [0.05, 0.1) is 22.5 Å². The number of rotatable bonds is 14. The summed E-state index contributed by atoms with van der Waals surface area (Å²) in [5, 5.41) is 14.2. The van der Waals surface area contributed by atoms with Gasteiger partial charge in [-0.15, -0.1) is 0 Å². The van der Waals surface area contributed by atoms with Gasteiger partial charge in [0.2, 0.25) is 21.8 Å². The Morgan fingerprint density at radius 3 is 2.05 bits per heavy atom. The van der Waals surface area contributed by atoms with E-state index < -0.39 is 45.3 Å². The molecule has 3 unspecified atom stereocenters. The highest BCUT2D eigenvalue weighted by Crippen LogP contribution is 2.27. The van der Waals surface area contributed by atoms with E-state index in [0.717, 1.165) is 12.0 Å². The van der Waals surface area contributed by atoms with Crippen LogP contribution in [0, 0.1) is 17.3 Å². The molecule has 0 aliphatic heterocycles. The van der Waals surface area contributed by atoms with Crippen LogP contribution in [0.5, 0.6) is 0 Å². The van der Waals surface area contributed by atoms with E-state index in [-0.39, 0.29) is 30.3 Å². The highest BCUT2D eigenvalue weighted by molar-refractivity contribution is 7.89. The lowest BCUT2D eigenvalue weighted by atomic mass is 9.78. The Balaban J connectivity index is 2.37. The number of aliphatic hydroxyl groups excluding tert-OH is 1. The molecule has 0 fully saturated rings. The number of amides is 2. The van der Waals surface area contributed by atoms with Crippen LogP contribution < -0.4 is 11.1 Å². The second-order valence-electron chi connectivity index (χ2n) is 10.3. The number of hydrogen-bond donors (Lipinski definition) is 3. The zero-order valence-corrected chi connectivity index (χ0v) is 23.2. The van der Waals surface area contributed by atoms with Gasteiger partial charge in [-0.2, -0.15) is 4.31 Å². The molecule has 0 radical (unpaired) electrons. The summed E-state index contributed by atoms with van der Waals surface area (Å²) in [6, 6.07) is 16.6. The van der Waals surface area contributed by atoms with E-state index in [2.05, 4.69) is 5.32 Å². The molecule has 2 rings (SSSR count). The lowest BCUT2D eigenvalue weighted by Gasteiger charge is -2.33. The van der Waals surface area contributed by atoms with Crippen molar-refractivity contribution in [3.63, 3.8) is 0 Å². The molecular weight excluding hydrogens is 490 g/mol. The van der Waals surface area contributed by atoms with Gasteiger partial charge in [0.15, 0.2) is 0 Å². The average molecular weight is 532 g/mol. The number of carbonyl (C=O) groups excluding carboxylic acids is 2. The third kappa shape index (κ3) is 8.12. The van der Waals surface area contributed by atoms with E-state index in [0.29, 0.717) is 0 Å². The third-order valence-electron chi connectivity index (χ3n) is 7.19. The molecular formula is C28H41N3O5S. The van der Waals surface area contributed by atoms with E-state index >= 15 is 0 Å². The molecule has 0 aliphatic carbocycles. The monoisotopic (exact) mass is 531 g/mol. The molecule has 4 atom stereocenters. The lowest BCUT2D eigenvalue weighted by molar-refractivity contribution is -0.138. The predicted octanol–water partition coefficient (Wildman–Crippen LogP) is 2.96. The van der Waals surface area contributed by atoms with Crippen LogP contribution in [0.25, 0.3) is 0 Å². The molecule has 0 saturated heterocycles. The minimum atomic E-state index is -3.89. The molecule has 2 aromatic rings. The summed E-state index contributed by atoms with van der Waals surface area (Å²) >= 11 is 0. The second kappa shape index (κ2) is 13.2. The number of carbonyl (C=O) groups is 2. The molecule has 0 heterocycles. The quantitative estimate of drug-likeness (QED) is 0.345. The highest BCUT2D eigenvalue weighted by atomic mass is 32.2. The van der Waals surface area contributed by atoms with Gasteiger partial charge in [-0.1, -0.05) is 89.6 Å². The van der Waals surface area contributed by atoms with E-state index in [4.69, 9.17) is 5.73 Å². The minimum Gasteiger partial charge on any atom is -0.390 e. The third-order valence-corrected chi connectivity index (χ3v) is 9.03.